The molecule has 0 aliphatic carbocycles. The van der Waals surface area contributed by atoms with Gasteiger partial charge in [0.1, 0.15) is 17.0 Å². The first-order valence-corrected chi connectivity index (χ1v) is 15.8. The fourth-order valence-corrected chi connectivity index (χ4v) is 5.46. The van der Waals surface area contributed by atoms with Gasteiger partial charge in [-0.25, -0.2) is 19.5 Å². The van der Waals surface area contributed by atoms with E-state index in [-0.39, 0.29) is 12.6 Å². The Morgan fingerprint density at radius 3 is 2.00 bits per heavy atom. The van der Waals surface area contributed by atoms with Crippen LogP contribution in [0.2, 0.25) is 0 Å². The van der Waals surface area contributed by atoms with Crippen LogP contribution < -0.4 is 15.7 Å². The smallest absolute Gasteiger partial charge is 0.444 e. The molecule has 5 rings (SSSR count). The highest BCUT2D eigenvalue weighted by Crippen LogP contribution is 2.39. The van der Waals surface area contributed by atoms with Gasteiger partial charge >= 0.3 is 19.3 Å². The number of hydrogen-bond acceptors (Lipinski definition) is 10. The summed E-state index contributed by atoms with van der Waals surface area (Å²) in [5, 5.41) is 3.29. The zero-order valence-electron chi connectivity index (χ0n) is 28.6. The van der Waals surface area contributed by atoms with Crippen molar-refractivity contribution in [1.82, 2.24) is 14.8 Å². The number of carbonyl (C=O) groups excluding carboxylic acids is 3. The van der Waals surface area contributed by atoms with Crippen molar-refractivity contribution in [2.75, 3.05) is 36.4 Å². The molecule has 0 saturated carbocycles. The quantitative estimate of drug-likeness (QED) is 0.456. The molecule has 0 spiro atoms. The van der Waals surface area contributed by atoms with Crippen molar-refractivity contribution >= 4 is 47.9 Å². The largest absolute Gasteiger partial charge is 0.495 e. The maximum Gasteiger partial charge on any atom is 0.495 e. The van der Waals surface area contributed by atoms with Crippen molar-refractivity contribution in [2.45, 2.75) is 98.2 Å². The molecule has 3 aliphatic rings. The van der Waals surface area contributed by atoms with Crippen LogP contribution >= 0.6 is 0 Å². The van der Waals surface area contributed by atoms with Crippen LogP contribution in [0.15, 0.2) is 30.5 Å². The summed E-state index contributed by atoms with van der Waals surface area (Å²) < 4.78 is 23.7. The molecule has 1 N–H and O–H groups in total. The molecule has 4 heterocycles. The highest BCUT2D eigenvalue weighted by molar-refractivity contribution is 6.63. The van der Waals surface area contributed by atoms with Gasteiger partial charge in [0, 0.05) is 26.2 Å². The van der Waals surface area contributed by atoms with Crippen LogP contribution in [0.5, 0.6) is 0 Å². The number of hydrogen-bond donors (Lipinski definition) is 1. The number of nitrogens with zero attached hydrogens (tertiary/aromatic N) is 4. The standard InChI is InChI=1S/C33H46BN5O7/c1-30(2,3)43-28(41)38-17-15-37(16-18-38)21-11-14-25(35-19-21)36-24-13-12-23(34-45-32(7,8)33(9,10)46-34)22-20-39(27(40)26(22)24)29(42)44-31(4,5)6/h11-14,19H,15-18,20H2,1-10H3,(H,35,36). The van der Waals surface area contributed by atoms with Gasteiger partial charge in [-0.1, -0.05) is 6.07 Å². The third kappa shape index (κ3) is 6.95. The summed E-state index contributed by atoms with van der Waals surface area (Å²) in [4.78, 5) is 49.0. The van der Waals surface area contributed by atoms with Crippen LogP contribution in [0.4, 0.5) is 26.8 Å². The number of fused-ring (bicyclic) bond motifs is 1. The van der Waals surface area contributed by atoms with Gasteiger partial charge in [0.25, 0.3) is 5.91 Å². The fraction of sp³-hybridized carbons (Fsp3) is 0.576. The van der Waals surface area contributed by atoms with Crippen molar-refractivity contribution in [1.29, 1.82) is 0 Å². The summed E-state index contributed by atoms with van der Waals surface area (Å²) >= 11 is 0. The third-order valence-electron chi connectivity index (χ3n) is 8.55. The average molecular weight is 636 g/mol. The highest BCUT2D eigenvalue weighted by atomic mass is 16.7. The topological polar surface area (TPSA) is 123 Å². The Bertz CT molecular complexity index is 1490. The molecule has 1 aromatic carbocycles. The number of imide groups is 1. The fourth-order valence-electron chi connectivity index (χ4n) is 5.46. The van der Waals surface area contributed by atoms with Crippen LogP contribution in [0, 0.1) is 0 Å². The minimum absolute atomic E-state index is 0.0274. The number of nitrogens with one attached hydrogen (secondary N) is 1. The second kappa shape index (κ2) is 11.8. The number of carbonyl (C=O) groups is 3. The lowest BCUT2D eigenvalue weighted by molar-refractivity contribution is 0.00578. The summed E-state index contributed by atoms with van der Waals surface area (Å²) in [6.07, 6.45) is 0.745. The van der Waals surface area contributed by atoms with Gasteiger partial charge in [0.2, 0.25) is 0 Å². The molecule has 2 aromatic rings. The molecule has 1 aromatic heterocycles. The molecule has 12 nitrogen and oxygen atoms in total. The first kappa shape index (κ1) is 33.5. The number of rotatable bonds is 4. The van der Waals surface area contributed by atoms with Crippen LogP contribution in [0.1, 0.15) is 85.2 Å². The predicted octanol–water partition coefficient (Wildman–Crippen LogP) is 5.07. The maximum atomic E-state index is 13.8. The van der Waals surface area contributed by atoms with E-state index >= 15 is 0 Å². The van der Waals surface area contributed by atoms with Gasteiger partial charge < -0.3 is 33.9 Å². The number of pyridine rings is 1. The second-order valence-corrected chi connectivity index (χ2v) is 15.0. The molecular formula is C33H46BN5O7. The van der Waals surface area contributed by atoms with E-state index in [1.54, 1.807) is 37.9 Å². The minimum Gasteiger partial charge on any atom is -0.444 e. The number of benzene rings is 1. The summed E-state index contributed by atoms with van der Waals surface area (Å²) in [6.45, 7) is 21.2. The zero-order chi connectivity index (χ0) is 33.8. The molecule has 46 heavy (non-hydrogen) atoms. The Balaban J connectivity index is 1.35. The molecule has 0 radical (unpaired) electrons. The van der Waals surface area contributed by atoms with Crippen molar-refractivity contribution < 1.29 is 33.2 Å². The Hall–Kier alpha value is -3.84. The normalized spacial score (nSPS) is 19.3. The Labute approximate surface area is 271 Å². The van der Waals surface area contributed by atoms with E-state index in [0.717, 1.165) is 10.6 Å². The van der Waals surface area contributed by atoms with Crippen molar-refractivity contribution in [3.05, 3.63) is 41.6 Å². The second-order valence-electron chi connectivity index (χ2n) is 15.0. The minimum atomic E-state index is -0.768. The summed E-state index contributed by atoms with van der Waals surface area (Å²) in [5.74, 6) is 0.0647. The molecule has 0 atom stereocenters. The van der Waals surface area contributed by atoms with E-state index in [0.29, 0.717) is 54.3 Å². The van der Waals surface area contributed by atoms with E-state index in [1.807, 2.05) is 66.7 Å². The van der Waals surface area contributed by atoms with Gasteiger partial charge in [-0.2, -0.15) is 0 Å². The Morgan fingerprint density at radius 2 is 1.46 bits per heavy atom. The molecule has 3 amide bonds. The molecule has 13 heteroatoms. The third-order valence-corrected chi connectivity index (χ3v) is 8.55. The van der Waals surface area contributed by atoms with E-state index < -0.39 is 41.5 Å². The van der Waals surface area contributed by atoms with Gasteiger partial charge in [0.05, 0.1) is 40.9 Å². The van der Waals surface area contributed by atoms with Crippen LogP contribution in [0.3, 0.4) is 0 Å². The lowest BCUT2D eigenvalue weighted by Crippen LogP contribution is -2.50. The van der Waals surface area contributed by atoms with Gasteiger partial charge in [-0.05, 0) is 98.5 Å². The zero-order valence-corrected chi connectivity index (χ0v) is 28.6. The molecule has 3 aliphatic heterocycles. The maximum absolute atomic E-state index is 13.8. The molecule has 0 bridgehead atoms. The van der Waals surface area contributed by atoms with Gasteiger partial charge in [0.15, 0.2) is 0 Å². The molecule has 2 saturated heterocycles. The monoisotopic (exact) mass is 635 g/mol. The lowest BCUT2D eigenvalue weighted by Gasteiger charge is -2.36. The van der Waals surface area contributed by atoms with Crippen LogP contribution in [-0.4, -0.2) is 88.6 Å². The number of ether oxygens (including phenoxy) is 2. The highest BCUT2D eigenvalue weighted by Gasteiger charge is 2.53. The number of aromatic nitrogens is 1. The lowest BCUT2D eigenvalue weighted by atomic mass is 9.74. The van der Waals surface area contributed by atoms with Crippen LogP contribution in [0.25, 0.3) is 0 Å². The molecule has 2 fully saturated rings. The summed E-state index contributed by atoms with van der Waals surface area (Å²) in [7, 11) is -0.715. The number of amides is 3. The van der Waals surface area contributed by atoms with Gasteiger partial charge in [-0.3, -0.25) is 4.79 Å². The van der Waals surface area contributed by atoms with E-state index in [2.05, 4.69) is 15.2 Å². The van der Waals surface area contributed by atoms with Crippen molar-refractivity contribution in [2.24, 2.45) is 0 Å². The van der Waals surface area contributed by atoms with Gasteiger partial charge in [-0.15, -0.1) is 0 Å². The first-order valence-electron chi connectivity index (χ1n) is 15.8. The number of anilines is 3. The number of piperazine rings is 1. The summed E-state index contributed by atoms with van der Waals surface area (Å²) in [6, 6.07) is 7.45. The average Bonchev–Trinajstić information content (AvgIpc) is 3.39. The first-order chi connectivity index (χ1) is 21.2. The SMILES string of the molecule is CC(C)(C)OC(=O)N1CCN(c2ccc(Nc3ccc(B4OC(C)(C)C(C)(C)O4)c4c3C(=O)N(C(=O)OC(C)(C)C)C4)nc2)CC1. The molecular weight excluding hydrogens is 589 g/mol. The van der Waals surface area contributed by atoms with E-state index in [9.17, 15) is 14.4 Å². The van der Waals surface area contributed by atoms with Crippen LogP contribution in [-0.2, 0) is 25.3 Å². The Kier molecular flexibility index (Phi) is 8.57. The Morgan fingerprint density at radius 1 is 0.870 bits per heavy atom. The van der Waals surface area contributed by atoms with Crippen molar-refractivity contribution in [3.63, 3.8) is 0 Å². The molecule has 0 unspecified atom stereocenters. The van der Waals surface area contributed by atoms with E-state index in [1.165, 1.54) is 0 Å². The van der Waals surface area contributed by atoms with Crippen molar-refractivity contribution in [3.8, 4) is 0 Å². The molecule has 248 valence electrons. The summed E-state index contributed by atoms with van der Waals surface area (Å²) in [5.41, 5.74) is 0.641. The predicted molar refractivity (Wildman–Crippen MR) is 176 cm³/mol. The van der Waals surface area contributed by atoms with E-state index in [4.69, 9.17) is 18.8 Å².